The van der Waals surface area contributed by atoms with Crippen molar-refractivity contribution in [3.63, 3.8) is 0 Å². The van der Waals surface area contributed by atoms with Gasteiger partial charge >= 0.3 is 5.97 Å². The van der Waals surface area contributed by atoms with Crippen LogP contribution in [0.4, 0.5) is 0 Å². The van der Waals surface area contributed by atoms with E-state index in [2.05, 4.69) is 15.9 Å². The van der Waals surface area contributed by atoms with Crippen molar-refractivity contribution in [1.82, 2.24) is 4.57 Å². The fourth-order valence-corrected chi connectivity index (χ4v) is 1.86. The van der Waals surface area contributed by atoms with E-state index in [9.17, 15) is 4.79 Å². The molecule has 4 nitrogen and oxygen atoms in total. The van der Waals surface area contributed by atoms with Crippen LogP contribution < -0.4 is 0 Å². The zero-order valence-corrected chi connectivity index (χ0v) is 9.90. The van der Waals surface area contributed by atoms with E-state index in [1.165, 1.54) is 0 Å². The molecule has 2 N–H and O–H groups in total. The molecular formula is C10H14BrNO3. The van der Waals surface area contributed by atoms with Gasteiger partial charge in [-0.3, -0.25) is 0 Å². The predicted octanol–water partition coefficient (Wildman–Crippen LogP) is 2.11. The molecule has 1 rings (SSSR count). The predicted molar refractivity (Wildman–Crippen MR) is 60.0 cm³/mol. The number of aliphatic hydroxyl groups excluding tert-OH is 1. The molecule has 0 amide bonds. The highest BCUT2D eigenvalue weighted by Crippen LogP contribution is 2.16. The number of aromatic carboxylic acids is 1. The molecule has 0 radical (unpaired) electrons. The minimum atomic E-state index is -0.912. The van der Waals surface area contributed by atoms with Gasteiger partial charge < -0.3 is 14.8 Å². The molecule has 0 aliphatic heterocycles. The van der Waals surface area contributed by atoms with Crippen molar-refractivity contribution in [2.75, 3.05) is 6.61 Å². The number of unbranched alkanes of at least 4 members (excludes halogenated alkanes) is 2. The summed E-state index contributed by atoms with van der Waals surface area (Å²) in [6.45, 7) is 0.987. The van der Waals surface area contributed by atoms with Crippen LogP contribution in [0.25, 0.3) is 0 Å². The number of hydrogen-bond donors (Lipinski definition) is 2. The van der Waals surface area contributed by atoms with Gasteiger partial charge in [-0.15, -0.1) is 0 Å². The molecule has 1 heterocycles. The number of carboxylic acid groups (broad SMARTS) is 1. The summed E-state index contributed by atoms with van der Waals surface area (Å²) in [6, 6.07) is 1.59. The number of aromatic nitrogens is 1. The Kier molecular flexibility index (Phi) is 4.84. The number of nitrogens with zero attached hydrogens (tertiary/aromatic N) is 1. The maximum atomic E-state index is 10.7. The van der Waals surface area contributed by atoms with E-state index in [1.54, 1.807) is 12.3 Å². The lowest BCUT2D eigenvalue weighted by Gasteiger charge is -2.03. The van der Waals surface area contributed by atoms with Crippen molar-refractivity contribution >= 4 is 21.9 Å². The van der Waals surface area contributed by atoms with Gasteiger partial charge in [0, 0.05) is 19.3 Å². The molecule has 0 spiro atoms. The van der Waals surface area contributed by atoms with E-state index in [1.807, 2.05) is 4.57 Å². The lowest BCUT2D eigenvalue weighted by atomic mass is 10.2. The first-order valence-electron chi connectivity index (χ1n) is 4.85. The van der Waals surface area contributed by atoms with Gasteiger partial charge in [0.15, 0.2) is 0 Å². The molecule has 0 fully saturated rings. The maximum Gasteiger partial charge on any atom is 0.337 e. The van der Waals surface area contributed by atoms with Crippen LogP contribution >= 0.6 is 15.9 Å². The smallest absolute Gasteiger partial charge is 0.337 e. The summed E-state index contributed by atoms with van der Waals surface area (Å²) in [5.41, 5.74) is 0.295. The molecule has 0 aliphatic carbocycles. The standard InChI is InChI=1S/C10H14BrNO3/c11-9-6-8(10(14)15)7-12(9)4-2-1-3-5-13/h6-7,13H,1-5H2,(H,14,15). The fraction of sp³-hybridized carbons (Fsp3) is 0.500. The Hall–Kier alpha value is -0.810. The van der Waals surface area contributed by atoms with Gasteiger partial charge in [-0.2, -0.15) is 0 Å². The lowest BCUT2D eigenvalue weighted by molar-refractivity contribution is 0.0697. The van der Waals surface area contributed by atoms with Crippen LogP contribution in [0, 0.1) is 0 Å². The Labute approximate surface area is 96.7 Å². The summed E-state index contributed by atoms with van der Waals surface area (Å²) < 4.78 is 2.64. The molecule has 15 heavy (non-hydrogen) atoms. The Bertz CT molecular complexity index is 335. The molecule has 0 unspecified atom stereocenters. The highest BCUT2D eigenvalue weighted by molar-refractivity contribution is 9.10. The molecule has 1 aromatic rings. The topological polar surface area (TPSA) is 62.5 Å². The molecule has 0 saturated carbocycles. The molecule has 0 aliphatic rings. The summed E-state index contributed by atoms with van der Waals surface area (Å²) in [4.78, 5) is 10.7. The first kappa shape index (κ1) is 12.3. The third kappa shape index (κ3) is 3.68. The van der Waals surface area contributed by atoms with E-state index in [4.69, 9.17) is 10.2 Å². The first-order chi connectivity index (χ1) is 7.15. The Morgan fingerprint density at radius 2 is 2.13 bits per heavy atom. The van der Waals surface area contributed by atoms with E-state index in [0.717, 1.165) is 30.4 Å². The molecule has 0 atom stereocenters. The third-order valence-electron chi connectivity index (χ3n) is 2.15. The van der Waals surface area contributed by atoms with Gasteiger partial charge in [0.25, 0.3) is 0 Å². The van der Waals surface area contributed by atoms with Gasteiger partial charge in [-0.05, 0) is 41.3 Å². The highest BCUT2D eigenvalue weighted by atomic mass is 79.9. The average Bonchev–Trinajstić information content (AvgIpc) is 2.55. The number of halogens is 1. The van der Waals surface area contributed by atoms with Crippen molar-refractivity contribution in [1.29, 1.82) is 0 Å². The monoisotopic (exact) mass is 275 g/mol. The number of rotatable bonds is 6. The van der Waals surface area contributed by atoms with E-state index in [0.29, 0.717) is 5.56 Å². The number of hydrogen-bond acceptors (Lipinski definition) is 2. The molecule has 84 valence electrons. The zero-order chi connectivity index (χ0) is 11.3. The summed E-state index contributed by atoms with van der Waals surface area (Å²) in [7, 11) is 0. The van der Waals surface area contributed by atoms with Crippen molar-refractivity contribution in [3.8, 4) is 0 Å². The van der Waals surface area contributed by atoms with Crippen molar-refractivity contribution in [3.05, 3.63) is 22.4 Å². The SMILES string of the molecule is O=C(O)c1cc(Br)n(CCCCCO)c1. The average molecular weight is 276 g/mol. The Morgan fingerprint density at radius 1 is 1.40 bits per heavy atom. The Morgan fingerprint density at radius 3 is 2.67 bits per heavy atom. The second-order valence-corrected chi connectivity index (χ2v) is 4.15. The molecule has 0 bridgehead atoms. The minimum absolute atomic E-state index is 0.216. The van der Waals surface area contributed by atoms with Crippen LogP contribution in [-0.4, -0.2) is 27.4 Å². The van der Waals surface area contributed by atoms with Crippen LogP contribution in [0.2, 0.25) is 0 Å². The second-order valence-electron chi connectivity index (χ2n) is 3.33. The zero-order valence-electron chi connectivity index (χ0n) is 8.32. The number of carbonyl (C=O) groups is 1. The van der Waals surface area contributed by atoms with Crippen LogP contribution in [0.1, 0.15) is 29.6 Å². The van der Waals surface area contributed by atoms with Crippen LogP contribution in [0.5, 0.6) is 0 Å². The number of aryl methyl sites for hydroxylation is 1. The van der Waals surface area contributed by atoms with Crippen LogP contribution in [-0.2, 0) is 6.54 Å². The van der Waals surface area contributed by atoms with Gasteiger partial charge in [-0.1, -0.05) is 0 Å². The summed E-state index contributed by atoms with van der Waals surface area (Å²) >= 11 is 3.30. The molecule has 5 heteroatoms. The number of aliphatic hydroxyl groups is 1. The first-order valence-corrected chi connectivity index (χ1v) is 5.64. The van der Waals surface area contributed by atoms with E-state index >= 15 is 0 Å². The van der Waals surface area contributed by atoms with Crippen molar-refractivity contribution in [2.24, 2.45) is 0 Å². The van der Waals surface area contributed by atoms with Crippen molar-refractivity contribution < 1.29 is 15.0 Å². The van der Waals surface area contributed by atoms with E-state index in [-0.39, 0.29) is 6.61 Å². The normalized spacial score (nSPS) is 10.5. The number of carboxylic acids is 1. The molecule has 0 saturated heterocycles. The van der Waals surface area contributed by atoms with Crippen molar-refractivity contribution in [2.45, 2.75) is 25.8 Å². The van der Waals surface area contributed by atoms with Gasteiger partial charge in [-0.25, -0.2) is 4.79 Å². The highest BCUT2D eigenvalue weighted by Gasteiger charge is 2.08. The summed E-state index contributed by atoms with van der Waals surface area (Å²) in [5, 5.41) is 17.4. The summed E-state index contributed by atoms with van der Waals surface area (Å²) in [6.07, 6.45) is 4.30. The largest absolute Gasteiger partial charge is 0.478 e. The lowest BCUT2D eigenvalue weighted by Crippen LogP contribution is -1.98. The van der Waals surface area contributed by atoms with Gasteiger partial charge in [0.05, 0.1) is 10.2 Å². The quantitative estimate of drug-likeness (QED) is 0.782. The van der Waals surface area contributed by atoms with Crippen LogP contribution in [0.15, 0.2) is 16.9 Å². The Balaban J connectivity index is 2.50. The summed E-state index contributed by atoms with van der Waals surface area (Å²) in [5.74, 6) is -0.912. The van der Waals surface area contributed by atoms with Crippen LogP contribution in [0.3, 0.4) is 0 Å². The van der Waals surface area contributed by atoms with Gasteiger partial charge in [0.2, 0.25) is 0 Å². The van der Waals surface area contributed by atoms with E-state index < -0.39 is 5.97 Å². The third-order valence-corrected chi connectivity index (χ3v) is 2.83. The van der Waals surface area contributed by atoms with Gasteiger partial charge in [0.1, 0.15) is 0 Å². The molecule has 1 aromatic heterocycles. The minimum Gasteiger partial charge on any atom is -0.478 e. The molecule has 0 aromatic carbocycles. The maximum absolute atomic E-state index is 10.7. The second kappa shape index (κ2) is 5.92. The fourth-order valence-electron chi connectivity index (χ4n) is 1.34. The molecular weight excluding hydrogens is 262 g/mol.